The molecule has 1 N–H and O–H groups in total. The number of aromatic nitrogens is 1. The van der Waals surface area contributed by atoms with Crippen molar-refractivity contribution < 1.29 is 14.7 Å². The molecule has 1 aromatic heterocycles. The Kier molecular flexibility index (Phi) is 6.88. The van der Waals surface area contributed by atoms with Crippen LogP contribution in [0.15, 0.2) is 60.3 Å². The van der Waals surface area contributed by atoms with Gasteiger partial charge in [0.15, 0.2) is 0 Å². The SMILES string of the molecule is CCCCN(C(=O)C(C#N)=Cc1cn(CC(=O)O)c2cc(C)ccc12)c1ccccc1. The van der Waals surface area contributed by atoms with E-state index in [9.17, 15) is 20.0 Å². The fourth-order valence-electron chi connectivity index (χ4n) is 3.54. The molecule has 3 rings (SSSR count). The molecule has 0 aliphatic rings. The Balaban J connectivity index is 2.06. The Labute approximate surface area is 181 Å². The number of amides is 1. The summed E-state index contributed by atoms with van der Waals surface area (Å²) in [4.78, 5) is 26.2. The van der Waals surface area contributed by atoms with Crippen LogP contribution in [0.2, 0.25) is 0 Å². The van der Waals surface area contributed by atoms with E-state index in [1.165, 1.54) is 0 Å². The maximum atomic E-state index is 13.3. The van der Waals surface area contributed by atoms with Crippen molar-refractivity contribution in [1.29, 1.82) is 5.26 Å². The van der Waals surface area contributed by atoms with Gasteiger partial charge in [0, 0.05) is 34.9 Å². The minimum absolute atomic E-state index is 0.00917. The number of unbranched alkanes of at least 4 members (excludes halogenated alkanes) is 1. The Hall–Kier alpha value is -3.85. The number of carbonyl (C=O) groups is 2. The molecule has 3 aromatic rings. The van der Waals surface area contributed by atoms with Crippen LogP contribution in [0.4, 0.5) is 5.69 Å². The van der Waals surface area contributed by atoms with Crippen LogP contribution in [0, 0.1) is 18.3 Å². The summed E-state index contributed by atoms with van der Waals surface area (Å²) in [5.74, 6) is -1.33. The number of hydrogen-bond acceptors (Lipinski definition) is 3. The van der Waals surface area contributed by atoms with Crippen molar-refractivity contribution in [3.05, 3.63) is 71.4 Å². The molecule has 0 saturated heterocycles. The van der Waals surface area contributed by atoms with Gasteiger partial charge in [-0.3, -0.25) is 9.59 Å². The topological polar surface area (TPSA) is 86.3 Å². The van der Waals surface area contributed by atoms with E-state index in [4.69, 9.17) is 0 Å². The summed E-state index contributed by atoms with van der Waals surface area (Å²) in [7, 11) is 0. The minimum Gasteiger partial charge on any atom is -0.480 e. The van der Waals surface area contributed by atoms with Crippen LogP contribution in [0.25, 0.3) is 17.0 Å². The second kappa shape index (κ2) is 9.77. The van der Waals surface area contributed by atoms with Gasteiger partial charge >= 0.3 is 5.97 Å². The fourth-order valence-corrected chi connectivity index (χ4v) is 3.54. The van der Waals surface area contributed by atoms with E-state index in [1.807, 2.05) is 68.4 Å². The molecule has 0 bridgehead atoms. The lowest BCUT2D eigenvalue weighted by Crippen LogP contribution is -2.32. The lowest BCUT2D eigenvalue weighted by molar-refractivity contribution is -0.137. The number of aliphatic carboxylic acids is 1. The van der Waals surface area contributed by atoms with Crippen molar-refractivity contribution in [2.45, 2.75) is 33.2 Å². The molecule has 1 amide bonds. The smallest absolute Gasteiger partial charge is 0.323 e. The van der Waals surface area contributed by atoms with Crippen molar-refractivity contribution in [1.82, 2.24) is 4.57 Å². The van der Waals surface area contributed by atoms with E-state index in [-0.39, 0.29) is 18.0 Å². The van der Waals surface area contributed by atoms with Gasteiger partial charge in [0.2, 0.25) is 0 Å². The lowest BCUT2D eigenvalue weighted by atomic mass is 10.1. The summed E-state index contributed by atoms with van der Waals surface area (Å²) in [5, 5.41) is 19.8. The second-order valence-corrected chi connectivity index (χ2v) is 7.44. The summed E-state index contributed by atoms with van der Waals surface area (Å²) in [6.45, 7) is 4.30. The van der Waals surface area contributed by atoms with Crippen LogP contribution in [0.5, 0.6) is 0 Å². The molecule has 0 atom stereocenters. The summed E-state index contributed by atoms with van der Waals surface area (Å²) in [6.07, 6.45) is 4.97. The van der Waals surface area contributed by atoms with Gasteiger partial charge in [-0.15, -0.1) is 0 Å². The number of benzene rings is 2. The zero-order valence-electron chi connectivity index (χ0n) is 17.7. The van der Waals surface area contributed by atoms with Gasteiger partial charge in [0.1, 0.15) is 18.2 Å². The zero-order valence-corrected chi connectivity index (χ0v) is 17.7. The summed E-state index contributed by atoms with van der Waals surface area (Å²) < 4.78 is 1.63. The highest BCUT2D eigenvalue weighted by molar-refractivity contribution is 6.12. The van der Waals surface area contributed by atoms with Crippen molar-refractivity contribution in [3.63, 3.8) is 0 Å². The molecule has 1 heterocycles. The maximum absolute atomic E-state index is 13.3. The zero-order chi connectivity index (χ0) is 22.4. The van der Waals surface area contributed by atoms with Crippen LogP contribution < -0.4 is 4.90 Å². The monoisotopic (exact) mass is 415 g/mol. The van der Waals surface area contributed by atoms with Crippen molar-refractivity contribution in [3.8, 4) is 6.07 Å². The number of hydrogen-bond donors (Lipinski definition) is 1. The molecule has 2 aromatic carbocycles. The standard InChI is InChI=1S/C25H25N3O3/c1-3-4-12-28(21-8-6-5-7-9-21)25(31)19(15-26)14-20-16-27(17-24(29)30)23-13-18(2)10-11-22(20)23/h5-11,13-14,16H,3-4,12,17H2,1-2H3,(H,29,30). The van der Waals surface area contributed by atoms with E-state index in [0.717, 1.165) is 35.0 Å². The van der Waals surface area contributed by atoms with Crippen molar-refractivity contribution in [2.75, 3.05) is 11.4 Å². The van der Waals surface area contributed by atoms with Gasteiger partial charge in [-0.2, -0.15) is 5.26 Å². The molecule has 0 saturated carbocycles. The molecule has 6 heteroatoms. The van der Waals surface area contributed by atoms with Crippen LogP contribution >= 0.6 is 0 Å². The molecule has 6 nitrogen and oxygen atoms in total. The fraction of sp³-hybridized carbons (Fsp3) is 0.240. The number of anilines is 1. The summed E-state index contributed by atoms with van der Waals surface area (Å²) >= 11 is 0. The average molecular weight is 415 g/mol. The first-order valence-corrected chi connectivity index (χ1v) is 10.2. The molecule has 0 aliphatic carbocycles. The third kappa shape index (κ3) is 5.01. The Morgan fingerprint density at radius 2 is 1.94 bits per heavy atom. The van der Waals surface area contributed by atoms with E-state index in [1.54, 1.807) is 21.7 Å². The Morgan fingerprint density at radius 1 is 1.19 bits per heavy atom. The number of carboxylic acid groups (broad SMARTS) is 1. The first-order chi connectivity index (χ1) is 14.9. The number of fused-ring (bicyclic) bond motifs is 1. The van der Waals surface area contributed by atoms with Crippen molar-refractivity contribution in [2.24, 2.45) is 0 Å². The van der Waals surface area contributed by atoms with E-state index >= 15 is 0 Å². The van der Waals surface area contributed by atoms with E-state index in [2.05, 4.69) is 0 Å². The summed E-state index contributed by atoms with van der Waals surface area (Å²) in [5.41, 5.74) is 3.15. The highest BCUT2D eigenvalue weighted by Gasteiger charge is 2.20. The molecule has 0 unspecified atom stereocenters. The van der Waals surface area contributed by atoms with Gasteiger partial charge in [-0.1, -0.05) is 43.7 Å². The van der Waals surface area contributed by atoms with Gasteiger partial charge in [-0.05, 0) is 43.2 Å². The number of para-hydroxylation sites is 1. The number of rotatable bonds is 8. The molecule has 0 spiro atoms. The lowest BCUT2D eigenvalue weighted by Gasteiger charge is -2.22. The van der Waals surface area contributed by atoms with Crippen molar-refractivity contribution >= 4 is 34.5 Å². The molecule has 31 heavy (non-hydrogen) atoms. The number of carboxylic acids is 1. The van der Waals surface area contributed by atoms with E-state index in [0.29, 0.717) is 12.1 Å². The van der Waals surface area contributed by atoms with Gasteiger partial charge < -0.3 is 14.6 Å². The average Bonchev–Trinajstić information content (AvgIpc) is 3.08. The Bertz CT molecular complexity index is 1170. The Morgan fingerprint density at radius 3 is 2.58 bits per heavy atom. The molecule has 0 aliphatic heterocycles. The van der Waals surface area contributed by atoms with Crippen LogP contribution in [0.1, 0.15) is 30.9 Å². The number of nitrogens with zero attached hydrogens (tertiary/aromatic N) is 3. The molecule has 158 valence electrons. The number of carbonyl (C=O) groups excluding carboxylic acids is 1. The van der Waals surface area contributed by atoms with Gasteiger partial charge in [0.25, 0.3) is 5.91 Å². The van der Waals surface area contributed by atoms with Crippen LogP contribution in [0.3, 0.4) is 0 Å². The predicted molar refractivity (Wildman–Crippen MR) is 122 cm³/mol. The highest BCUT2D eigenvalue weighted by atomic mass is 16.4. The highest BCUT2D eigenvalue weighted by Crippen LogP contribution is 2.26. The van der Waals surface area contributed by atoms with Crippen LogP contribution in [-0.4, -0.2) is 28.1 Å². The third-order valence-electron chi connectivity index (χ3n) is 5.07. The largest absolute Gasteiger partial charge is 0.480 e. The minimum atomic E-state index is -0.958. The predicted octanol–water partition coefficient (Wildman–Crippen LogP) is 4.77. The normalized spacial score (nSPS) is 11.3. The van der Waals surface area contributed by atoms with Gasteiger partial charge in [-0.25, -0.2) is 0 Å². The summed E-state index contributed by atoms with van der Waals surface area (Å²) in [6, 6.07) is 17.1. The van der Waals surface area contributed by atoms with Crippen LogP contribution in [-0.2, 0) is 16.1 Å². The molecule has 0 fully saturated rings. The first kappa shape index (κ1) is 21.8. The maximum Gasteiger partial charge on any atom is 0.323 e. The van der Waals surface area contributed by atoms with E-state index < -0.39 is 5.97 Å². The molecule has 0 radical (unpaired) electrons. The second-order valence-electron chi connectivity index (χ2n) is 7.44. The molecular formula is C25H25N3O3. The number of nitriles is 1. The third-order valence-corrected chi connectivity index (χ3v) is 5.07. The first-order valence-electron chi connectivity index (χ1n) is 10.2. The van der Waals surface area contributed by atoms with Gasteiger partial charge in [0.05, 0.1) is 0 Å². The number of aryl methyl sites for hydroxylation is 1. The molecular weight excluding hydrogens is 390 g/mol. The quantitative estimate of drug-likeness (QED) is 0.424.